The molecule has 4 nitrogen and oxygen atoms in total. The molecule has 0 spiro atoms. The maximum Gasteiger partial charge on any atom is 0.587 e. The van der Waals surface area contributed by atoms with Gasteiger partial charge in [-0.25, -0.2) is 4.57 Å². The number of hydrogen-bond acceptors (Lipinski definition) is 4. The van der Waals surface area contributed by atoms with E-state index in [-0.39, 0.29) is 6.61 Å². The van der Waals surface area contributed by atoms with Gasteiger partial charge in [0.15, 0.2) is 0 Å². The second kappa shape index (κ2) is 3.33. The van der Waals surface area contributed by atoms with Gasteiger partial charge in [0.25, 0.3) is 0 Å². The van der Waals surface area contributed by atoms with Crippen LogP contribution in [0.15, 0.2) is 24.2 Å². The van der Waals surface area contributed by atoms with E-state index < -0.39 is 7.82 Å². The molecule has 0 saturated carbocycles. The Balaban J connectivity index is 2.78. The van der Waals surface area contributed by atoms with Gasteiger partial charge in [-0.2, -0.15) is 0 Å². The smallest absolute Gasteiger partial charge is 0.400 e. The van der Waals surface area contributed by atoms with Crippen LogP contribution in [0, 0.1) is 0 Å². The minimum atomic E-state index is -3.39. The molecule has 0 aromatic rings. The summed E-state index contributed by atoms with van der Waals surface area (Å²) in [4.78, 5) is 0. The highest BCUT2D eigenvalue weighted by molar-refractivity contribution is 7.48. The van der Waals surface area contributed by atoms with E-state index in [0.717, 1.165) is 0 Å². The van der Waals surface area contributed by atoms with Crippen molar-refractivity contribution < 1.29 is 18.1 Å². The molecule has 1 heterocycles. The van der Waals surface area contributed by atoms with E-state index in [4.69, 9.17) is 13.6 Å². The van der Waals surface area contributed by atoms with Crippen LogP contribution in [-0.4, -0.2) is 6.61 Å². The Hall–Kier alpha value is -0.730. The molecule has 1 atom stereocenters. The molecule has 0 amide bonds. The lowest BCUT2D eigenvalue weighted by Crippen LogP contribution is -2.03. The molecule has 0 aliphatic carbocycles. The zero-order valence-electron chi connectivity index (χ0n) is 7.07. The molecule has 5 heteroatoms. The summed E-state index contributed by atoms with van der Waals surface area (Å²) in [6.07, 6.45) is 1.55. The van der Waals surface area contributed by atoms with Crippen molar-refractivity contribution in [2.75, 3.05) is 6.61 Å². The average Bonchev–Trinajstić information content (AvgIpc) is 1.82. The first-order valence-electron chi connectivity index (χ1n) is 3.57. The summed E-state index contributed by atoms with van der Waals surface area (Å²) in [5.41, 5.74) is 0. The van der Waals surface area contributed by atoms with Crippen LogP contribution in [-0.2, 0) is 18.1 Å². The van der Waals surface area contributed by atoms with Gasteiger partial charge < -0.3 is 9.05 Å². The van der Waals surface area contributed by atoms with Crippen LogP contribution in [0.2, 0.25) is 0 Å². The van der Waals surface area contributed by atoms with Crippen molar-refractivity contribution in [3.63, 3.8) is 0 Å². The lowest BCUT2D eigenvalue weighted by atomic mass is 10.4. The van der Waals surface area contributed by atoms with E-state index in [1.54, 1.807) is 19.9 Å². The van der Waals surface area contributed by atoms with Crippen molar-refractivity contribution >= 4 is 7.82 Å². The third-order valence-corrected chi connectivity index (χ3v) is 2.68. The monoisotopic (exact) mass is 190 g/mol. The van der Waals surface area contributed by atoms with Gasteiger partial charge in [-0.1, -0.05) is 6.58 Å². The Morgan fingerprint density at radius 1 is 1.67 bits per heavy atom. The number of rotatable bonds is 2. The molecule has 0 radical (unpaired) electrons. The predicted octanol–water partition coefficient (Wildman–Crippen LogP) is 2.60. The van der Waals surface area contributed by atoms with Crippen LogP contribution in [0.4, 0.5) is 0 Å². The largest absolute Gasteiger partial charge is 0.587 e. The third kappa shape index (κ3) is 2.13. The molecule has 1 aliphatic rings. The molecule has 12 heavy (non-hydrogen) atoms. The van der Waals surface area contributed by atoms with Crippen molar-refractivity contribution in [1.82, 2.24) is 0 Å². The highest BCUT2D eigenvalue weighted by Gasteiger charge is 2.32. The van der Waals surface area contributed by atoms with Crippen molar-refractivity contribution in [1.29, 1.82) is 0 Å². The zero-order valence-corrected chi connectivity index (χ0v) is 7.97. The van der Waals surface area contributed by atoms with E-state index in [0.29, 0.717) is 11.5 Å². The highest BCUT2D eigenvalue weighted by Crippen LogP contribution is 2.55. The molecule has 0 fully saturated rings. The predicted molar refractivity (Wildman–Crippen MR) is 44.3 cm³/mol. The highest BCUT2D eigenvalue weighted by atomic mass is 31.2. The van der Waals surface area contributed by atoms with Gasteiger partial charge in [0.1, 0.15) is 11.5 Å². The first kappa shape index (κ1) is 9.36. The Morgan fingerprint density at radius 2 is 2.33 bits per heavy atom. The molecule has 0 aromatic heterocycles. The van der Waals surface area contributed by atoms with E-state index in [1.165, 1.54) is 0 Å². The van der Waals surface area contributed by atoms with E-state index in [2.05, 4.69) is 6.58 Å². The summed E-state index contributed by atoms with van der Waals surface area (Å²) in [6.45, 7) is 7.16. The quantitative estimate of drug-likeness (QED) is 0.627. The summed E-state index contributed by atoms with van der Waals surface area (Å²) < 4.78 is 26.0. The number of phosphoric acid groups is 1. The molecular formula is C7H11O4P. The van der Waals surface area contributed by atoms with Crippen molar-refractivity contribution in [3.8, 4) is 0 Å². The molecule has 1 aliphatic heterocycles. The zero-order chi connectivity index (χ0) is 9.19. The van der Waals surface area contributed by atoms with Crippen LogP contribution in [0.3, 0.4) is 0 Å². The molecule has 1 rings (SSSR count). The standard InChI is InChI=1S/C7H11O4P/c1-4-9-12(8)10-6(2)5-7(3)11-12/h5H,2,4H2,1,3H3. The number of allylic oxidation sites excluding steroid dienone is 2. The molecule has 0 aromatic carbocycles. The molecule has 0 bridgehead atoms. The van der Waals surface area contributed by atoms with Gasteiger partial charge in [0.2, 0.25) is 0 Å². The lowest BCUT2D eigenvalue weighted by Gasteiger charge is -2.22. The van der Waals surface area contributed by atoms with Crippen LogP contribution in [0.1, 0.15) is 13.8 Å². The Kier molecular flexibility index (Phi) is 2.60. The fourth-order valence-electron chi connectivity index (χ4n) is 0.829. The molecule has 1 unspecified atom stereocenters. The van der Waals surface area contributed by atoms with Crippen molar-refractivity contribution in [2.24, 2.45) is 0 Å². The number of hydrogen-bond donors (Lipinski definition) is 0. The Labute approximate surface area is 71.4 Å². The van der Waals surface area contributed by atoms with Crippen LogP contribution < -0.4 is 0 Å². The van der Waals surface area contributed by atoms with Crippen molar-refractivity contribution in [2.45, 2.75) is 13.8 Å². The van der Waals surface area contributed by atoms with E-state index in [9.17, 15) is 4.57 Å². The van der Waals surface area contributed by atoms with Crippen LogP contribution in [0.25, 0.3) is 0 Å². The molecule has 0 N–H and O–H groups in total. The van der Waals surface area contributed by atoms with Crippen LogP contribution >= 0.6 is 7.82 Å². The van der Waals surface area contributed by atoms with Gasteiger partial charge in [-0.15, -0.1) is 0 Å². The summed E-state index contributed by atoms with van der Waals surface area (Å²) in [7, 11) is -3.39. The molecular weight excluding hydrogens is 179 g/mol. The van der Waals surface area contributed by atoms with Gasteiger partial charge in [-0.3, -0.25) is 4.52 Å². The van der Waals surface area contributed by atoms with E-state index in [1.807, 2.05) is 0 Å². The van der Waals surface area contributed by atoms with Gasteiger partial charge >= 0.3 is 7.82 Å². The SMILES string of the molecule is C=C1C=C(C)OP(=O)(OCC)O1. The number of phosphoric ester groups is 1. The maximum atomic E-state index is 11.5. The molecule has 68 valence electrons. The summed E-state index contributed by atoms with van der Waals surface area (Å²) in [6, 6.07) is 0. The molecule has 0 saturated heterocycles. The van der Waals surface area contributed by atoms with Gasteiger partial charge in [0, 0.05) is 6.08 Å². The fourth-order valence-corrected chi connectivity index (χ4v) is 2.03. The van der Waals surface area contributed by atoms with Crippen LogP contribution in [0.5, 0.6) is 0 Å². The first-order valence-corrected chi connectivity index (χ1v) is 5.03. The Morgan fingerprint density at radius 3 is 2.83 bits per heavy atom. The fraction of sp³-hybridized carbons (Fsp3) is 0.429. The van der Waals surface area contributed by atoms with Gasteiger partial charge in [0.05, 0.1) is 6.61 Å². The first-order chi connectivity index (χ1) is 5.56. The summed E-state index contributed by atoms with van der Waals surface area (Å²) in [5, 5.41) is 0. The lowest BCUT2D eigenvalue weighted by molar-refractivity contribution is 0.161. The minimum absolute atomic E-state index is 0.276. The Bertz CT molecular complexity index is 269. The van der Waals surface area contributed by atoms with Gasteiger partial charge in [-0.05, 0) is 13.8 Å². The van der Waals surface area contributed by atoms with E-state index >= 15 is 0 Å². The third-order valence-electron chi connectivity index (χ3n) is 1.14. The summed E-state index contributed by atoms with van der Waals surface area (Å²) >= 11 is 0. The minimum Gasteiger partial charge on any atom is -0.400 e. The average molecular weight is 190 g/mol. The summed E-state index contributed by atoms with van der Waals surface area (Å²) in [5.74, 6) is 0.790. The topological polar surface area (TPSA) is 44.8 Å². The maximum absolute atomic E-state index is 11.5. The van der Waals surface area contributed by atoms with Crippen molar-refractivity contribution in [3.05, 3.63) is 24.2 Å². The second-order valence-corrected chi connectivity index (χ2v) is 3.79. The second-order valence-electron chi connectivity index (χ2n) is 2.27. The normalized spacial score (nSPS) is 28.8.